The molecule has 104 heavy (non-hydrogen) atoms. The van der Waals surface area contributed by atoms with E-state index < -0.39 is 0 Å². The standard InChI is InChI=1S/C48H31N3O.C47H30N4O/c1-4-12-32(13-5-1)33-20-22-34(23-21-33)38-30-42(35-14-6-2-7-15-35)49-43(31-38)36-24-26-39(27-25-36)51-44-19-11-10-18-40(44)46-45(51)29-28-41-47(46)52-48(50-41)37-16-8-3-9-17-37;1-4-12-31(13-5-1)32-20-22-34(23-21-32)41-30-40(33-14-6-2-7-15-33)48-46(49-41)35-24-26-37(27-25-35)51-42-19-11-10-18-38(42)44-43(51)29-28-39-45(44)52-47(50-39)36-16-8-3-9-17-36/h1-31H;1-30H. The summed E-state index contributed by atoms with van der Waals surface area (Å²) < 4.78 is 17.6. The van der Waals surface area contributed by atoms with E-state index in [1.807, 2.05) is 103 Å². The maximum atomic E-state index is 6.49. The Morgan fingerprint density at radius 3 is 0.904 bits per heavy atom. The topological polar surface area (TPSA) is 101 Å². The molecule has 9 nitrogen and oxygen atoms in total. The van der Waals surface area contributed by atoms with Gasteiger partial charge in [0.1, 0.15) is 11.0 Å². The molecule has 0 fully saturated rings. The first-order valence-corrected chi connectivity index (χ1v) is 34.9. The first kappa shape index (κ1) is 61.0. The molecular weight excluding hydrogens is 1270 g/mol. The van der Waals surface area contributed by atoms with E-state index in [1.165, 1.54) is 22.3 Å². The summed E-state index contributed by atoms with van der Waals surface area (Å²) in [7, 11) is 0. The molecule has 0 saturated heterocycles. The van der Waals surface area contributed by atoms with Crippen molar-refractivity contribution in [2.24, 2.45) is 0 Å². The van der Waals surface area contributed by atoms with Crippen LogP contribution in [0.1, 0.15) is 0 Å². The predicted molar refractivity (Wildman–Crippen MR) is 424 cm³/mol. The molecule has 0 spiro atoms. The molecule has 488 valence electrons. The second kappa shape index (κ2) is 26.2. The first-order valence-electron chi connectivity index (χ1n) is 34.9. The number of rotatable bonds is 12. The maximum Gasteiger partial charge on any atom is 0.227 e. The van der Waals surface area contributed by atoms with Gasteiger partial charge in [-0.05, 0) is 149 Å². The Labute approximate surface area is 599 Å². The molecule has 0 amide bonds. The predicted octanol–water partition coefficient (Wildman–Crippen LogP) is 24.7. The van der Waals surface area contributed by atoms with Crippen LogP contribution >= 0.6 is 0 Å². The molecule has 0 aliphatic carbocycles. The van der Waals surface area contributed by atoms with Gasteiger partial charge in [0.2, 0.25) is 11.8 Å². The third-order valence-electron chi connectivity index (χ3n) is 19.5. The average molecular weight is 1330 g/mol. The van der Waals surface area contributed by atoms with Crippen molar-refractivity contribution < 1.29 is 8.83 Å². The van der Waals surface area contributed by atoms with Gasteiger partial charge in [-0.3, -0.25) is 0 Å². The van der Waals surface area contributed by atoms with Gasteiger partial charge in [-0.1, -0.05) is 255 Å². The van der Waals surface area contributed by atoms with Crippen LogP contribution in [0.4, 0.5) is 0 Å². The van der Waals surface area contributed by atoms with E-state index in [1.54, 1.807) is 0 Å². The zero-order chi connectivity index (χ0) is 68.9. The number of pyridine rings is 1. The average Bonchev–Trinajstić information content (AvgIpc) is 1.58. The SMILES string of the molecule is c1ccc(-c2ccc(-c3cc(-c4ccccc4)nc(-c4ccc(-n5c6ccccc6c6c7oc(-c8ccccc8)nc7ccc65)cc4)c3)cc2)cc1.c1ccc(-c2ccc(-c3cc(-c4ccccc4)nc(-c4ccc(-n5c6ccccc6c6c7oc(-c8ccccc8)nc7ccc65)cc4)n3)cc2)cc1. The molecule has 0 aliphatic heterocycles. The fourth-order valence-electron chi connectivity index (χ4n) is 14.4. The molecule has 0 bridgehead atoms. The van der Waals surface area contributed by atoms with Crippen molar-refractivity contribution in [2.45, 2.75) is 0 Å². The van der Waals surface area contributed by atoms with Crippen LogP contribution in [-0.2, 0) is 0 Å². The lowest BCUT2D eigenvalue weighted by molar-refractivity contribution is 0.622. The zero-order valence-corrected chi connectivity index (χ0v) is 56.2. The fraction of sp³-hybridized carbons (Fsp3) is 0. The summed E-state index contributed by atoms with van der Waals surface area (Å²) in [5.41, 5.74) is 27.4. The number of para-hydroxylation sites is 2. The van der Waals surface area contributed by atoms with Crippen LogP contribution in [0.25, 0.3) is 190 Å². The minimum Gasteiger partial charge on any atom is -0.435 e. The van der Waals surface area contributed by atoms with Crippen LogP contribution in [0.3, 0.4) is 0 Å². The number of benzene rings is 14. The van der Waals surface area contributed by atoms with Gasteiger partial charge in [-0.15, -0.1) is 0 Å². The Kier molecular flexibility index (Phi) is 15.3. The van der Waals surface area contributed by atoms with E-state index in [-0.39, 0.29) is 0 Å². The minimum atomic E-state index is 0.619. The Hall–Kier alpha value is -14.2. The van der Waals surface area contributed by atoms with Gasteiger partial charge in [0, 0.05) is 61.1 Å². The highest BCUT2D eigenvalue weighted by Crippen LogP contribution is 2.42. The highest BCUT2D eigenvalue weighted by Gasteiger charge is 2.23. The van der Waals surface area contributed by atoms with Gasteiger partial charge < -0.3 is 18.0 Å². The molecule has 9 heteroatoms. The first-order chi connectivity index (χ1) is 51.5. The van der Waals surface area contributed by atoms with Crippen molar-refractivity contribution in [1.82, 2.24) is 34.1 Å². The van der Waals surface area contributed by atoms with Crippen LogP contribution < -0.4 is 0 Å². The van der Waals surface area contributed by atoms with Gasteiger partial charge in [0.15, 0.2) is 17.0 Å². The van der Waals surface area contributed by atoms with Gasteiger partial charge in [-0.25, -0.2) is 24.9 Å². The van der Waals surface area contributed by atoms with E-state index >= 15 is 0 Å². The fourth-order valence-corrected chi connectivity index (χ4v) is 14.4. The van der Waals surface area contributed by atoms with E-state index in [2.05, 4.69) is 276 Å². The van der Waals surface area contributed by atoms with Crippen LogP contribution in [0.15, 0.2) is 379 Å². The van der Waals surface area contributed by atoms with Crippen molar-refractivity contribution in [1.29, 1.82) is 0 Å². The van der Waals surface area contributed by atoms with Gasteiger partial charge in [0.05, 0.1) is 55.6 Å². The summed E-state index contributed by atoms with van der Waals surface area (Å²) in [5.74, 6) is 1.92. The number of hydrogen-bond donors (Lipinski definition) is 0. The van der Waals surface area contributed by atoms with E-state index in [0.717, 1.165) is 150 Å². The second-order valence-corrected chi connectivity index (χ2v) is 25.9. The third-order valence-corrected chi connectivity index (χ3v) is 19.5. The van der Waals surface area contributed by atoms with Gasteiger partial charge in [0.25, 0.3) is 0 Å². The normalized spacial score (nSPS) is 11.5. The molecule has 0 saturated carbocycles. The Bertz CT molecular complexity index is 6110. The zero-order valence-electron chi connectivity index (χ0n) is 56.2. The number of nitrogens with zero attached hydrogens (tertiary/aromatic N) is 7. The van der Waals surface area contributed by atoms with Gasteiger partial charge in [-0.2, -0.15) is 0 Å². The summed E-state index contributed by atoms with van der Waals surface area (Å²) in [4.78, 5) is 25.1. The molecule has 20 rings (SSSR count). The molecule has 0 radical (unpaired) electrons. The second-order valence-electron chi connectivity index (χ2n) is 25.9. The summed E-state index contributed by atoms with van der Waals surface area (Å²) in [6.45, 7) is 0. The highest BCUT2D eigenvalue weighted by atomic mass is 16.4. The summed E-state index contributed by atoms with van der Waals surface area (Å²) in [6, 6.07) is 128. The molecule has 0 N–H and O–H groups in total. The number of fused-ring (bicyclic) bond motifs is 10. The summed E-state index contributed by atoms with van der Waals surface area (Å²) in [6.07, 6.45) is 0. The Balaban J connectivity index is 0.000000143. The number of oxazole rings is 2. The third kappa shape index (κ3) is 11.3. The van der Waals surface area contributed by atoms with Crippen LogP contribution in [0.2, 0.25) is 0 Å². The lowest BCUT2D eigenvalue weighted by Gasteiger charge is -2.12. The maximum absolute atomic E-state index is 6.49. The molecule has 6 aromatic heterocycles. The molecule has 6 heterocycles. The van der Waals surface area contributed by atoms with Crippen molar-refractivity contribution in [2.75, 3.05) is 0 Å². The van der Waals surface area contributed by atoms with Gasteiger partial charge >= 0.3 is 0 Å². The molecule has 0 aliphatic rings. The smallest absolute Gasteiger partial charge is 0.227 e. The quantitative estimate of drug-likeness (QED) is 0.120. The molecule has 20 aromatic rings. The lowest BCUT2D eigenvalue weighted by atomic mass is 9.97. The number of aromatic nitrogens is 7. The van der Waals surface area contributed by atoms with Crippen molar-refractivity contribution in [3.8, 4) is 124 Å². The van der Waals surface area contributed by atoms with E-state index in [0.29, 0.717) is 17.6 Å². The number of hydrogen-bond acceptors (Lipinski definition) is 7. The minimum absolute atomic E-state index is 0.619. The monoisotopic (exact) mass is 1330 g/mol. The molecular formula is C95H61N7O2. The van der Waals surface area contributed by atoms with Crippen molar-refractivity contribution >= 4 is 65.8 Å². The molecule has 0 unspecified atom stereocenters. The molecule has 0 atom stereocenters. The molecule has 14 aromatic carbocycles. The van der Waals surface area contributed by atoms with Crippen LogP contribution in [0.5, 0.6) is 0 Å². The van der Waals surface area contributed by atoms with E-state index in [4.69, 9.17) is 33.8 Å². The summed E-state index contributed by atoms with van der Waals surface area (Å²) in [5, 5.41) is 4.36. The Morgan fingerprint density at radius 2 is 0.500 bits per heavy atom. The van der Waals surface area contributed by atoms with Crippen LogP contribution in [0, 0.1) is 0 Å². The highest BCUT2D eigenvalue weighted by molar-refractivity contribution is 6.20. The lowest BCUT2D eigenvalue weighted by Crippen LogP contribution is -1.97. The Morgan fingerprint density at radius 1 is 0.202 bits per heavy atom. The van der Waals surface area contributed by atoms with Crippen LogP contribution in [-0.4, -0.2) is 34.1 Å². The van der Waals surface area contributed by atoms with Crippen molar-refractivity contribution in [3.63, 3.8) is 0 Å². The van der Waals surface area contributed by atoms with Crippen molar-refractivity contribution in [3.05, 3.63) is 370 Å². The summed E-state index contributed by atoms with van der Waals surface area (Å²) >= 11 is 0. The van der Waals surface area contributed by atoms with E-state index in [9.17, 15) is 0 Å². The largest absolute Gasteiger partial charge is 0.435 e.